The van der Waals surface area contributed by atoms with Crippen LogP contribution in [0.5, 0.6) is 5.88 Å². The summed E-state index contributed by atoms with van der Waals surface area (Å²) in [7, 11) is 1.93. The molecule has 43 heavy (non-hydrogen) atoms. The number of likely N-dealkylation sites (tertiary alicyclic amines) is 1. The summed E-state index contributed by atoms with van der Waals surface area (Å²) in [6.45, 7) is 5.82. The summed E-state index contributed by atoms with van der Waals surface area (Å²) < 4.78 is 27.1. The maximum absolute atomic E-state index is 15.9. The molecule has 4 aliphatic rings. The fraction of sp³-hybridized carbons (Fsp3) is 0.567. The first-order valence-electron chi connectivity index (χ1n) is 15.1. The van der Waals surface area contributed by atoms with E-state index in [9.17, 15) is 9.59 Å². The minimum atomic E-state index is -0.608. The highest BCUT2D eigenvalue weighted by Gasteiger charge is 2.48. The van der Waals surface area contributed by atoms with Crippen molar-refractivity contribution in [1.29, 1.82) is 0 Å². The number of anilines is 3. The smallest absolute Gasteiger partial charge is 0.416 e. The Morgan fingerprint density at radius 2 is 2.12 bits per heavy atom. The van der Waals surface area contributed by atoms with Crippen LogP contribution in [0.25, 0.3) is 0 Å². The van der Waals surface area contributed by atoms with Crippen molar-refractivity contribution in [3.8, 4) is 5.88 Å². The van der Waals surface area contributed by atoms with Gasteiger partial charge in [-0.2, -0.15) is 0 Å². The number of hydrogen-bond acceptors (Lipinski definition) is 10. The molecule has 1 aromatic heterocycles. The largest absolute Gasteiger partial charge is 0.465 e. The van der Waals surface area contributed by atoms with Crippen LogP contribution in [0.3, 0.4) is 0 Å². The van der Waals surface area contributed by atoms with Crippen molar-refractivity contribution in [3.63, 3.8) is 0 Å². The number of halogens is 1. The molecule has 1 atom stereocenters. The van der Waals surface area contributed by atoms with Crippen molar-refractivity contribution >= 4 is 41.2 Å². The molecule has 13 heteroatoms. The van der Waals surface area contributed by atoms with Crippen molar-refractivity contribution < 1.29 is 23.5 Å². The molecule has 230 valence electrons. The van der Waals surface area contributed by atoms with E-state index in [1.54, 1.807) is 0 Å². The van der Waals surface area contributed by atoms with Crippen LogP contribution in [-0.4, -0.2) is 91.6 Å². The molecule has 2 saturated heterocycles. The predicted octanol–water partition coefficient (Wildman–Crippen LogP) is 3.05. The molecule has 0 saturated carbocycles. The number of amides is 2. The number of carbonyl (C=O) groups is 2. The van der Waals surface area contributed by atoms with Gasteiger partial charge in [-0.1, -0.05) is 13.3 Å². The lowest BCUT2D eigenvalue weighted by Gasteiger charge is -2.38. The standard InChI is InChI=1S/C30H39FN8O4/c1-3-4-8-33-26-22(37(2)11-7-32)14-20-12-19(13-21(20)25(26)31)16-38-9-5-30(6-10-38)18-39(29(41)43-30)23-15-34-28-27(35-23)36-24(40)17-42-28/h8,14-15,19H,3-7,9-13,16-18,32H2,1-2H3,(H,35,36,40). The van der Waals surface area contributed by atoms with Crippen molar-refractivity contribution in [2.24, 2.45) is 16.6 Å². The molecule has 0 bridgehead atoms. The number of fused-ring (bicyclic) bond motifs is 2. The van der Waals surface area contributed by atoms with E-state index in [4.69, 9.17) is 15.2 Å². The number of likely N-dealkylation sites (N-methyl/N-ethyl adjacent to an activating group) is 1. The second-order valence-electron chi connectivity index (χ2n) is 11.9. The van der Waals surface area contributed by atoms with Crippen LogP contribution in [0, 0.1) is 11.7 Å². The first-order valence-corrected chi connectivity index (χ1v) is 15.1. The summed E-state index contributed by atoms with van der Waals surface area (Å²) in [5.74, 6) is 0.510. The van der Waals surface area contributed by atoms with Gasteiger partial charge < -0.3 is 30.3 Å². The van der Waals surface area contributed by atoms with Gasteiger partial charge in [0.1, 0.15) is 11.3 Å². The zero-order valence-electron chi connectivity index (χ0n) is 24.8. The number of ether oxygens (including phenoxy) is 2. The molecular formula is C30H39FN8O4. The molecule has 2 amide bonds. The Hall–Kier alpha value is -3.84. The highest BCUT2D eigenvalue weighted by Crippen LogP contribution is 2.42. The molecule has 3 N–H and O–H groups in total. The number of hydrogen-bond donors (Lipinski definition) is 2. The monoisotopic (exact) mass is 594 g/mol. The number of aliphatic imine (C=N–C) groups is 1. The Balaban J connectivity index is 1.09. The van der Waals surface area contributed by atoms with Gasteiger partial charge in [-0.05, 0) is 42.4 Å². The summed E-state index contributed by atoms with van der Waals surface area (Å²) >= 11 is 0. The van der Waals surface area contributed by atoms with Crippen LogP contribution in [0.2, 0.25) is 0 Å². The number of piperidine rings is 1. The van der Waals surface area contributed by atoms with Gasteiger partial charge in [-0.15, -0.1) is 0 Å². The average molecular weight is 595 g/mol. The first kappa shape index (κ1) is 29.2. The van der Waals surface area contributed by atoms with E-state index in [1.165, 1.54) is 11.1 Å². The highest BCUT2D eigenvalue weighted by atomic mass is 19.1. The van der Waals surface area contributed by atoms with Crippen molar-refractivity contribution in [2.75, 3.05) is 68.0 Å². The van der Waals surface area contributed by atoms with E-state index >= 15 is 4.39 Å². The SMILES string of the molecule is CCCC=Nc1c(N(C)CCN)cc2c(c1F)CC(CN1CCC3(CC1)CN(c1cnc4c(n1)NC(=O)CO4)C(=O)O3)C2. The number of nitrogens with zero attached hydrogens (tertiary/aromatic N) is 6. The molecular weight excluding hydrogens is 555 g/mol. The zero-order valence-corrected chi connectivity index (χ0v) is 24.8. The van der Waals surface area contributed by atoms with Crippen LogP contribution < -0.4 is 25.6 Å². The quantitative estimate of drug-likeness (QED) is 0.420. The maximum Gasteiger partial charge on any atom is 0.416 e. The Kier molecular flexibility index (Phi) is 8.19. The third-order valence-electron chi connectivity index (χ3n) is 8.78. The average Bonchev–Trinajstić information content (AvgIpc) is 3.55. The van der Waals surface area contributed by atoms with Crippen LogP contribution in [-0.2, 0) is 22.4 Å². The minimum absolute atomic E-state index is 0.115. The number of aromatic nitrogens is 2. The number of unbranched alkanes of at least 4 members (excludes halogenated alkanes) is 1. The van der Waals surface area contributed by atoms with Crippen LogP contribution in [0.4, 0.5) is 32.2 Å². The lowest BCUT2D eigenvalue weighted by atomic mass is 9.90. The predicted molar refractivity (Wildman–Crippen MR) is 161 cm³/mol. The third kappa shape index (κ3) is 5.87. The molecule has 2 fully saturated rings. The Morgan fingerprint density at radius 3 is 2.88 bits per heavy atom. The fourth-order valence-corrected chi connectivity index (χ4v) is 6.49. The van der Waals surface area contributed by atoms with Gasteiger partial charge in [-0.25, -0.2) is 19.2 Å². The van der Waals surface area contributed by atoms with Crippen molar-refractivity contribution in [3.05, 3.63) is 29.2 Å². The zero-order chi connectivity index (χ0) is 30.1. The van der Waals surface area contributed by atoms with Gasteiger partial charge in [0.15, 0.2) is 24.1 Å². The third-order valence-corrected chi connectivity index (χ3v) is 8.78. The minimum Gasteiger partial charge on any atom is -0.465 e. The van der Waals surface area contributed by atoms with E-state index in [2.05, 4.69) is 38.2 Å². The highest BCUT2D eigenvalue weighted by molar-refractivity contribution is 5.94. The molecule has 1 spiro atoms. The van der Waals surface area contributed by atoms with E-state index in [0.29, 0.717) is 56.3 Å². The van der Waals surface area contributed by atoms with Gasteiger partial charge >= 0.3 is 6.09 Å². The van der Waals surface area contributed by atoms with Gasteiger partial charge in [0.2, 0.25) is 0 Å². The van der Waals surface area contributed by atoms with E-state index < -0.39 is 11.7 Å². The molecule has 6 rings (SSSR count). The van der Waals surface area contributed by atoms with Crippen LogP contribution >= 0.6 is 0 Å². The number of nitrogens with two attached hydrogens (primary N) is 1. The summed E-state index contributed by atoms with van der Waals surface area (Å²) in [6, 6.07) is 2.10. The summed E-state index contributed by atoms with van der Waals surface area (Å²) in [5, 5.41) is 2.63. The molecule has 3 aliphatic heterocycles. The summed E-state index contributed by atoms with van der Waals surface area (Å²) in [5.41, 5.74) is 8.23. The summed E-state index contributed by atoms with van der Waals surface area (Å²) in [6.07, 6.45) is 7.42. The fourth-order valence-electron chi connectivity index (χ4n) is 6.49. The molecule has 0 radical (unpaired) electrons. The van der Waals surface area contributed by atoms with Crippen molar-refractivity contribution in [2.45, 2.75) is 51.0 Å². The van der Waals surface area contributed by atoms with E-state index in [0.717, 1.165) is 55.7 Å². The molecule has 1 aromatic carbocycles. The number of benzene rings is 1. The Morgan fingerprint density at radius 1 is 1.30 bits per heavy atom. The maximum atomic E-state index is 15.9. The lowest BCUT2D eigenvalue weighted by Crippen LogP contribution is -2.48. The number of rotatable bonds is 9. The second-order valence-corrected chi connectivity index (χ2v) is 11.9. The Labute approximate surface area is 250 Å². The number of carbonyl (C=O) groups excluding carboxylic acids is 2. The topological polar surface area (TPSA) is 139 Å². The van der Waals surface area contributed by atoms with Crippen LogP contribution in [0.15, 0.2) is 17.3 Å². The van der Waals surface area contributed by atoms with Crippen molar-refractivity contribution in [1.82, 2.24) is 14.9 Å². The second kappa shape index (κ2) is 12.0. The van der Waals surface area contributed by atoms with Crippen LogP contribution in [0.1, 0.15) is 43.7 Å². The van der Waals surface area contributed by atoms with Gasteiger partial charge in [0.05, 0.1) is 18.4 Å². The normalized spacial score (nSPS) is 21.1. The number of nitrogens with one attached hydrogen (secondary N) is 1. The molecule has 1 aliphatic carbocycles. The van der Waals surface area contributed by atoms with E-state index in [-0.39, 0.29) is 30.0 Å². The van der Waals surface area contributed by atoms with E-state index in [1.807, 2.05) is 18.2 Å². The molecule has 2 aromatic rings. The molecule has 1 unspecified atom stereocenters. The Bertz CT molecular complexity index is 1430. The molecule has 12 nitrogen and oxygen atoms in total. The van der Waals surface area contributed by atoms with Gasteiger partial charge in [0.25, 0.3) is 11.8 Å². The lowest BCUT2D eigenvalue weighted by molar-refractivity contribution is -0.118. The summed E-state index contributed by atoms with van der Waals surface area (Å²) in [4.78, 5) is 43.6. The molecule has 4 heterocycles. The van der Waals surface area contributed by atoms with Gasteiger partial charge in [-0.3, -0.25) is 14.7 Å². The first-order chi connectivity index (χ1) is 20.8. The van der Waals surface area contributed by atoms with Gasteiger partial charge in [0, 0.05) is 58.8 Å².